The quantitative estimate of drug-likeness (QED) is 0.762. The fourth-order valence-electron chi connectivity index (χ4n) is 3.25. The maximum atomic E-state index is 12.8. The molecule has 0 unspecified atom stereocenters. The third-order valence-corrected chi connectivity index (χ3v) is 6.75. The first-order valence-electron chi connectivity index (χ1n) is 9.07. The standard InChI is InChI=1S/C20H24N2O4S/c1-22(17-6-3-2-4-7-17)27(24,25)19-12-9-16(10-13-19)21-20(23)14-11-18-8-5-15-26-18/h5,8-15,17H,2-4,6-7H2,1H3,(H,21,23)/b14-11+. The van der Waals surface area contributed by atoms with E-state index in [4.69, 9.17) is 4.42 Å². The van der Waals surface area contributed by atoms with Gasteiger partial charge in [-0.3, -0.25) is 4.79 Å². The van der Waals surface area contributed by atoms with E-state index >= 15 is 0 Å². The number of nitrogens with zero attached hydrogens (tertiary/aromatic N) is 1. The number of rotatable bonds is 6. The highest BCUT2D eigenvalue weighted by atomic mass is 32.2. The summed E-state index contributed by atoms with van der Waals surface area (Å²) in [5, 5.41) is 2.70. The van der Waals surface area contributed by atoms with Crippen LogP contribution in [0.2, 0.25) is 0 Å². The van der Waals surface area contributed by atoms with Gasteiger partial charge in [0, 0.05) is 24.9 Å². The van der Waals surface area contributed by atoms with Crippen LogP contribution in [-0.2, 0) is 14.8 Å². The summed E-state index contributed by atoms with van der Waals surface area (Å²) in [5.41, 5.74) is 0.531. The van der Waals surface area contributed by atoms with Crippen molar-refractivity contribution in [2.24, 2.45) is 0 Å². The minimum atomic E-state index is -3.53. The predicted octanol–water partition coefficient (Wildman–Crippen LogP) is 3.88. The molecule has 27 heavy (non-hydrogen) atoms. The van der Waals surface area contributed by atoms with Gasteiger partial charge in [0.05, 0.1) is 11.2 Å². The number of carbonyl (C=O) groups excluding carboxylic acids is 1. The zero-order valence-electron chi connectivity index (χ0n) is 15.3. The summed E-state index contributed by atoms with van der Waals surface area (Å²) >= 11 is 0. The number of anilines is 1. The highest BCUT2D eigenvalue weighted by Gasteiger charge is 2.28. The van der Waals surface area contributed by atoms with Crippen LogP contribution < -0.4 is 5.32 Å². The topological polar surface area (TPSA) is 79.6 Å². The van der Waals surface area contributed by atoms with E-state index in [9.17, 15) is 13.2 Å². The van der Waals surface area contributed by atoms with Gasteiger partial charge < -0.3 is 9.73 Å². The van der Waals surface area contributed by atoms with Crippen molar-refractivity contribution in [1.29, 1.82) is 0 Å². The summed E-state index contributed by atoms with van der Waals surface area (Å²) in [6.07, 6.45) is 9.58. The summed E-state index contributed by atoms with van der Waals surface area (Å²) in [6, 6.07) is 9.80. The third-order valence-electron chi connectivity index (χ3n) is 4.83. The summed E-state index contributed by atoms with van der Waals surface area (Å²) < 4.78 is 32.2. The molecule has 1 aromatic carbocycles. The molecule has 6 nitrogen and oxygen atoms in total. The SMILES string of the molecule is CN(C1CCCCC1)S(=O)(=O)c1ccc(NC(=O)/C=C/c2ccco2)cc1. The van der Waals surface area contributed by atoms with Crippen LogP contribution in [0.3, 0.4) is 0 Å². The number of nitrogens with one attached hydrogen (secondary N) is 1. The van der Waals surface area contributed by atoms with Crippen molar-refractivity contribution in [3.05, 3.63) is 54.5 Å². The second-order valence-electron chi connectivity index (χ2n) is 6.68. The summed E-state index contributed by atoms with van der Waals surface area (Å²) in [5.74, 6) is 0.263. The Bertz CT molecular complexity index is 881. The Morgan fingerprint density at radius 3 is 2.48 bits per heavy atom. The van der Waals surface area contributed by atoms with Crippen LogP contribution in [0.4, 0.5) is 5.69 Å². The fourth-order valence-corrected chi connectivity index (χ4v) is 4.66. The lowest BCUT2D eigenvalue weighted by atomic mass is 9.96. The van der Waals surface area contributed by atoms with Gasteiger partial charge in [-0.15, -0.1) is 0 Å². The van der Waals surface area contributed by atoms with E-state index in [0.29, 0.717) is 11.4 Å². The first-order valence-corrected chi connectivity index (χ1v) is 10.5. The van der Waals surface area contributed by atoms with Crippen molar-refractivity contribution < 1.29 is 17.6 Å². The van der Waals surface area contributed by atoms with Gasteiger partial charge >= 0.3 is 0 Å². The van der Waals surface area contributed by atoms with Crippen molar-refractivity contribution >= 4 is 27.7 Å². The van der Waals surface area contributed by atoms with E-state index in [-0.39, 0.29) is 16.8 Å². The van der Waals surface area contributed by atoms with Gasteiger partial charge in [0.15, 0.2) is 0 Å². The largest absolute Gasteiger partial charge is 0.465 e. The molecule has 1 heterocycles. The number of sulfonamides is 1. The van der Waals surface area contributed by atoms with Crippen molar-refractivity contribution in [2.75, 3.05) is 12.4 Å². The summed E-state index contributed by atoms with van der Waals surface area (Å²) in [6.45, 7) is 0. The highest BCUT2D eigenvalue weighted by molar-refractivity contribution is 7.89. The average molecular weight is 388 g/mol. The molecule has 0 spiro atoms. The molecule has 7 heteroatoms. The van der Waals surface area contributed by atoms with Gasteiger partial charge in [-0.1, -0.05) is 19.3 Å². The fraction of sp³-hybridized carbons (Fsp3) is 0.350. The molecule has 0 bridgehead atoms. The molecule has 0 radical (unpaired) electrons. The Morgan fingerprint density at radius 2 is 1.85 bits per heavy atom. The average Bonchev–Trinajstić information content (AvgIpc) is 3.20. The number of hydrogen-bond donors (Lipinski definition) is 1. The molecule has 1 aliphatic carbocycles. The van der Waals surface area contributed by atoms with E-state index in [1.54, 1.807) is 37.4 Å². The molecule has 0 atom stereocenters. The van der Waals surface area contributed by atoms with E-state index < -0.39 is 10.0 Å². The normalized spacial score (nSPS) is 16.1. The molecule has 1 N–H and O–H groups in total. The molecule has 1 aliphatic rings. The molecule has 1 fully saturated rings. The van der Waals surface area contributed by atoms with E-state index in [0.717, 1.165) is 25.7 Å². The number of amides is 1. The molecular formula is C20H24N2O4S. The zero-order chi connectivity index (χ0) is 19.3. The van der Waals surface area contributed by atoms with Gasteiger partial charge in [0.1, 0.15) is 5.76 Å². The minimum Gasteiger partial charge on any atom is -0.465 e. The molecule has 0 aliphatic heterocycles. The van der Waals surface area contributed by atoms with Gasteiger partial charge in [0.2, 0.25) is 15.9 Å². The molecular weight excluding hydrogens is 364 g/mol. The maximum Gasteiger partial charge on any atom is 0.248 e. The van der Waals surface area contributed by atoms with E-state index in [2.05, 4.69) is 5.32 Å². The molecule has 1 aromatic heterocycles. The van der Waals surface area contributed by atoms with Crippen molar-refractivity contribution in [3.63, 3.8) is 0 Å². The zero-order valence-corrected chi connectivity index (χ0v) is 16.1. The minimum absolute atomic E-state index is 0.0647. The molecule has 0 saturated heterocycles. The van der Waals surface area contributed by atoms with Gasteiger partial charge in [0.25, 0.3) is 0 Å². The second kappa shape index (κ2) is 8.54. The number of furan rings is 1. The molecule has 1 saturated carbocycles. The summed E-state index contributed by atoms with van der Waals surface area (Å²) in [7, 11) is -1.88. The number of hydrogen-bond acceptors (Lipinski definition) is 4. The molecule has 144 valence electrons. The smallest absolute Gasteiger partial charge is 0.248 e. The Balaban J connectivity index is 1.64. The molecule has 2 aromatic rings. The number of carbonyl (C=O) groups is 1. The third kappa shape index (κ3) is 4.87. The Kier molecular flexibility index (Phi) is 6.13. The van der Waals surface area contributed by atoms with E-state index in [1.807, 2.05) is 0 Å². The maximum absolute atomic E-state index is 12.8. The lowest BCUT2D eigenvalue weighted by molar-refractivity contribution is -0.111. The first-order chi connectivity index (χ1) is 13.0. The summed E-state index contributed by atoms with van der Waals surface area (Å²) in [4.78, 5) is 12.2. The van der Waals surface area contributed by atoms with Crippen molar-refractivity contribution in [2.45, 2.75) is 43.0 Å². The second-order valence-corrected chi connectivity index (χ2v) is 8.67. The van der Waals surface area contributed by atoms with Crippen LogP contribution in [0.5, 0.6) is 0 Å². The lowest BCUT2D eigenvalue weighted by Gasteiger charge is -2.30. The van der Waals surface area contributed by atoms with Crippen LogP contribution in [0.1, 0.15) is 37.9 Å². The van der Waals surface area contributed by atoms with Gasteiger partial charge in [-0.05, 0) is 55.3 Å². The van der Waals surface area contributed by atoms with Crippen LogP contribution in [0.15, 0.2) is 58.1 Å². The van der Waals surface area contributed by atoms with Crippen LogP contribution >= 0.6 is 0 Å². The molecule has 1 amide bonds. The van der Waals surface area contributed by atoms with Crippen LogP contribution in [0.25, 0.3) is 6.08 Å². The van der Waals surface area contributed by atoms with Gasteiger partial charge in [-0.2, -0.15) is 4.31 Å². The Morgan fingerprint density at radius 1 is 1.15 bits per heavy atom. The monoisotopic (exact) mass is 388 g/mol. The Labute approximate surface area is 159 Å². The predicted molar refractivity (Wildman–Crippen MR) is 105 cm³/mol. The lowest BCUT2D eigenvalue weighted by Crippen LogP contribution is -2.38. The first kappa shape index (κ1) is 19.4. The molecule has 3 rings (SSSR count). The van der Waals surface area contributed by atoms with Crippen LogP contribution in [-0.4, -0.2) is 31.7 Å². The Hall–Kier alpha value is -2.38. The van der Waals surface area contributed by atoms with Crippen LogP contribution in [0, 0.1) is 0 Å². The van der Waals surface area contributed by atoms with Crippen molar-refractivity contribution in [3.8, 4) is 0 Å². The van der Waals surface area contributed by atoms with E-state index in [1.165, 1.54) is 35.2 Å². The van der Waals surface area contributed by atoms with Crippen molar-refractivity contribution in [1.82, 2.24) is 4.31 Å². The number of benzene rings is 1. The highest BCUT2D eigenvalue weighted by Crippen LogP contribution is 2.27. The van der Waals surface area contributed by atoms with Gasteiger partial charge in [-0.25, -0.2) is 8.42 Å².